The first-order valence-corrected chi connectivity index (χ1v) is 20.1. The molecule has 0 aliphatic carbocycles. The van der Waals surface area contributed by atoms with Crippen molar-refractivity contribution in [3.05, 3.63) is 147 Å². The number of halogens is 2. The van der Waals surface area contributed by atoms with E-state index in [2.05, 4.69) is 16.7 Å². The van der Waals surface area contributed by atoms with Gasteiger partial charge < -0.3 is 34.9 Å². The molecule has 3 amide bonds. The highest BCUT2D eigenvalue weighted by molar-refractivity contribution is 6.42. The van der Waals surface area contributed by atoms with Gasteiger partial charge in [-0.3, -0.25) is 14.4 Å². The van der Waals surface area contributed by atoms with E-state index in [1.807, 2.05) is 30.3 Å². The van der Waals surface area contributed by atoms with Crippen molar-refractivity contribution in [1.82, 2.24) is 10.2 Å². The van der Waals surface area contributed by atoms with Crippen LogP contribution in [0.15, 0.2) is 103 Å². The number of rotatable bonds is 11. The number of amides is 3. The quantitative estimate of drug-likeness (QED) is 0.123. The van der Waals surface area contributed by atoms with E-state index < -0.39 is 36.2 Å². The van der Waals surface area contributed by atoms with E-state index in [1.54, 1.807) is 72.8 Å². The maximum atomic E-state index is 14.1. The SMILES string of the molecule is N#Cc1ccc(-c2ccc(C[C@H](NC(=O)C3Cc4cc5c(cc4CN3C(=O)[C@H]3CCCO3)OC(c3ccc(OCc4ccc(Cl)c(Cl)c4)cc3)C(=O)N5)C(=O)O)cc2)cc1. The van der Waals surface area contributed by atoms with Gasteiger partial charge in [-0.1, -0.05) is 77.8 Å². The number of carbonyl (C=O) groups is 4. The van der Waals surface area contributed by atoms with E-state index in [4.69, 9.17) is 42.7 Å². The molecule has 2 unspecified atom stereocenters. The predicted molar refractivity (Wildman–Crippen MR) is 223 cm³/mol. The third kappa shape index (κ3) is 8.79. The summed E-state index contributed by atoms with van der Waals surface area (Å²) in [4.78, 5) is 55.4. The van der Waals surface area contributed by atoms with Crippen molar-refractivity contribution in [3.63, 3.8) is 0 Å². The normalized spacial score (nSPS) is 18.5. The number of benzene rings is 5. The fourth-order valence-corrected chi connectivity index (χ4v) is 7.96. The second kappa shape index (κ2) is 17.5. The molecule has 4 atom stereocenters. The molecule has 0 saturated carbocycles. The van der Waals surface area contributed by atoms with Gasteiger partial charge in [0.25, 0.3) is 11.8 Å². The second-order valence-corrected chi connectivity index (χ2v) is 15.7. The minimum atomic E-state index is -1.28. The zero-order chi connectivity index (χ0) is 41.9. The van der Waals surface area contributed by atoms with Gasteiger partial charge in [0.1, 0.15) is 36.3 Å². The summed E-state index contributed by atoms with van der Waals surface area (Å²) in [5.41, 5.74) is 6.32. The van der Waals surface area contributed by atoms with Crippen LogP contribution < -0.4 is 20.1 Å². The van der Waals surface area contributed by atoms with E-state index in [1.165, 1.54) is 4.90 Å². The van der Waals surface area contributed by atoms with Gasteiger partial charge in [0, 0.05) is 31.6 Å². The van der Waals surface area contributed by atoms with Crippen LogP contribution in [0.1, 0.15) is 52.3 Å². The fourth-order valence-electron chi connectivity index (χ4n) is 7.64. The lowest BCUT2D eigenvalue weighted by Crippen LogP contribution is -2.57. The van der Waals surface area contributed by atoms with E-state index in [0.29, 0.717) is 68.9 Å². The summed E-state index contributed by atoms with van der Waals surface area (Å²) < 4.78 is 17.9. The van der Waals surface area contributed by atoms with Crippen LogP contribution in [0.5, 0.6) is 11.5 Å². The molecule has 60 heavy (non-hydrogen) atoms. The molecule has 0 bridgehead atoms. The predicted octanol–water partition coefficient (Wildman–Crippen LogP) is 7.43. The highest BCUT2D eigenvalue weighted by Crippen LogP contribution is 2.40. The molecular weight excluding hydrogens is 807 g/mol. The van der Waals surface area contributed by atoms with Gasteiger partial charge in [-0.05, 0) is 94.8 Å². The number of nitrogens with one attached hydrogen (secondary N) is 2. The Morgan fingerprint density at radius 2 is 1.63 bits per heavy atom. The molecule has 0 aromatic heterocycles. The lowest BCUT2D eigenvalue weighted by Gasteiger charge is -2.38. The van der Waals surface area contributed by atoms with Crippen LogP contribution in [0.2, 0.25) is 10.0 Å². The Balaban J connectivity index is 0.974. The molecule has 304 valence electrons. The number of carbonyl (C=O) groups excluding carboxylic acids is 3. The number of aliphatic carboxylic acids is 1. The van der Waals surface area contributed by atoms with Crippen LogP contribution in [0.25, 0.3) is 11.1 Å². The van der Waals surface area contributed by atoms with Crippen LogP contribution in [0.4, 0.5) is 5.69 Å². The zero-order valence-corrected chi connectivity index (χ0v) is 33.5. The van der Waals surface area contributed by atoms with Gasteiger partial charge in [-0.25, -0.2) is 4.79 Å². The Kier molecular flexibility index (Phi) is 11.7. The van der Waals surface area contributed by atoms with Crippen molar-refractivity contribution in [2.75, 3.05) is 11.9 Å². The largest absolute Gasteiger partial charge is 0.489 e. The number of carboxylic acids is 1. The number of hydrogen-bond donors (Lipinski definition) is 3. The number of nitriles is 1. The average Bonchev–Trinajstić information content (AvgIpc) is 3.81. The first-order chi connectivity index (χ1) is 29.0. The second-order valence-electron chi connectivity index (χ2n) is 14.9. The standard InChI is InChI=1S/C46H38Cl2N4O8/c47-35-16-7-28(18-36(35)48)25-59-34-14-12-31(13-15-34)42-44(54)50-37-20-32-21-39(52(24-33(32)22-41(37)60-42)45(55)40-2-1-17-58-40)43(53)51-38(46(56)57)19-26-3-8-29(9-4-26)30-10-5-27(23-49)6-11-30/h3-16,18,20,22,38-40,42H,1-2,17,19,21,24-25H2,(H,50,54)(H,51,53)(H,56,57)/t38-,39?,40+,42?/m0/s1. The number of anilines is 1. The summed E-state index contributed by atoms with van der Waals surface area (Å²) in [6.45, 7) is 0.734. The molecule has 12 nitrogen and oxygen atoms in total. The molecule has 3 N–H and O–H groups in total. The molecule has 0 spiro atoms. The van der Waals surface area contributed by atoms with Crippen LogP contribution in [-0.2, 0) is 49.9 Å². The molecule has 3 heterocycles. The van der Waals surface area contributed by atoms with Gasteiger partial charge in [0.2, 0.25) is 12.0 Å². The lowest BCUT2D eigenvalue weighted by atomic mass is 9.91. The van der Waals surface area contributed by atoms with Crippen molar-refractivity contribution < 1.29 is 38.5 Å². The molecule has 1 saturated heterocycles. The van der Waals surface area contributed by atoms with Crippen molar-refractivity contribution in [2.45, 2.75) is 63.1 Å². The molecule has 5 aromatic rings. The minimum absolute atomic E-state index is 0.00421. The Morgan fingerprint density at radius 1 is 0.917 bits per heavy atom. The first-order valence-electron chi connectivity index (χ1n) is 19.4. The Morgan fingerprint density at radius 3 is 2.30 bits per heavy atom. The summed E-state index contributed by atoms with van der Waals surface area (Å²) in [5, 5.41) is 25.8. The van der Waals surface area contributed by atoms with Gasteiger partial charge in [-0.2, -0.15) is 5.26 Å². The maximum Gasteiger partial charge on any atom is 0.326 e. The maximum absolute atomic E-state index is 14.1. The third-order valence-electron chi connectivity index (χ3n) is 10.9. The molecule has 8 rings (SSSR count). The van der Waals surface area contributed by atoms with Gasteiger partial charge in [-0.15, -0.1) is 0 Å². The fraction of sp³-hybridized carbons (Fsp3) is 0.239. The molecule has 3 aliphatic heterocycles. The number of carboxylic acid groups (broad SMARTS) is 1. The Bertz CT molecular complexity index is 2500. The minimum Gasteiger partial charge on any atom is -0.489 e. The lowest BCUT2D eigenvalue weighted by molar-refractivity contribution is -0.150. The third-order valence-corrected chi connectivity index (χ3v) is 11.6. The van der Waals surface area contributed by atoms with Crippen molar-refractivity contribution in [3.8, 4) is 28.7 Å². The van der Waals surface area contributed by atoms with Crippen molar-refractivity contribution in [1.29, 1.82) is 5.26 Å². The molecule has 5 aromatic carbocycles. The molecule has 3 aliphatic rings. The number of hydrogen-bond acceptors (Lipinski definition) is 8. The summed E-state index contributed by atoms with van der Waals surface area (Å²) >= 11 is 12.1. The summed E-state index contributed by atoms with van der Waals surface area (Å²) in [6, 6.07) is 30.0. The van der Waals surface area contributed by atoms with Gasteiger partial charge >= 0.3 is 5.97 Å². The zero-order valence-electron chi connectivity index (χ0n) is 32.0. The first kappa shape index (κ1) is 40.4. The van der Waals surface area contributed by atoms with E-state index in [-0.39, 0.29) is 37.8 Å². The van der Waals surface area contributed by atoms with Crippen LogP contribution >= 0.6 is 23.2 Å². The summed E-state index contributed by atoms with van der Waals surface area (Å²) in [6.07, 6.45) is -0.402. The average molecular weight is 846 g/mol. The topological polar surface area (TPSA) is 167 Å². The van der Waals surface area contributed by atoms with Gasteiger partial charge in [0.15, 0.2) is 0 Å². The smallest absolute Gasteiger partial charge is 0.326 e. The monoisotopic (exact) mass is 844 g/mol. The van der Waals surface area contributed by atoms with Crippen molar-refractivity contribution >= 4 is 52.6 Å². The summed E-state index contributed by atoms with van der Waals surface area (Å²) in [5.74, 6) is -1.59. The van der Waals surface area contributed by atoms with Gasteiger partial charge in [0.05, 0.1) is 27.4 Å². The van der Waals surface area contributed by atoms with Crippen LogP contribution in [0.3, 0.4) is 0 Å². The van der Waals surface area contributed by atoms with E-state index >= 15 is 0 Å². The molecule has 0 radical (unpaired) electrons. The van der Waals surface area contributed by atoms with Crippen LogP contribution in [0, 0.1) is 11.3 Å². The molecule has 14 heteroatoms. The number of nitrogens with zero attached hydrogens (tertiary/aromatic N) is 2. The van der Waals surface area contributed by atoms with E-state index in [9.17, 15) is 24.3 Å². The Labute approximate surface area is 355 Å². The highest BCUT2D eigenvalue weighted by atomic mass is 35.5. The number of ether oxygens (including phenoxy) is 3. The van der Waals surface area contributed by atoms with Crippen molar-refractivity contribution in [2.24, 2.45) is 0 Å². The highest BCUT2D eigenvalue weighted by Gasteiger charge is 2.41. The summed E-state index contributed by atoms with van der Waals surface area (Å²) in [7, 11) is 0. The molecular formula is C46H38Cl2N4O8. The Hall–Kier alpha value is -6.39. The van der Waals surface area contributed by atoms with E-state index in [0.717, 1.165) is 22.3 Å². The number of fused-ring (bicyclic) bond motifs is 2. The van der Waals surface area contributed by atoms with Crippen LogP contribution in [-0.4, -0.2) is 58.5 Å². The molecule has 1 fully saturated rings.